The van der Waals surface area contributed by atoms with Crippen molar-refractivity contribution in [1.82, 2.24) is 15.2 Å². The first kappa shape index (κ1) is 17.1. The Hall–Kier alpha value is -0.930. The van der Waals surface area contributed by atoms with E-state index in [0.29, 0.717) is 5.92 Å². The quantitative estimate of drug-likeness (QED) is 0.710. The third-order valence-corrected chi connectivity index (χ3v) is 3.38. The van der Waals surface area contributed by atoms with Crippen molar-refractivity contribution < 1.29 is 0 Å². The van der Waals surface area contributed by atoms with Gasteiger partial charge in [-0.05, 0) is 44.1 Å². The molecule has 0 radical (unpaired) electrons. The van der Waals surface area contributed by atoms with E-state index >= 15 is 0 Å². The van der Waals surface area contributed by atoms with Gasteiger partial charge in [0.25, 0.3) is 0 Å². The van der Waals surface area contributed by atoms with Crippen molar-refractivity contribution >= 4 is 0 Å². The fourth-order valence-corrected chi connectivity index (χ4v) is 2.16. The molecular weight excluding hydrogens is 246 g/mol. The van der Waals surface area contributed by atoms with Gasteiger partial charge in [0.15, 0.2) is 0 Å². The minimum Gasteiger partial charge on any atom is -0.311 e. The fraction of sp³-hybridized carbons (Fsp3) is 0.706. The first-order valence-electron chi connectivity index (χ1n) is 8.03. The predicted octanol–water partition coefficient (Wildman–Crippen LogP) is 3.45. The van der Waals surface area contributed by atoms with Gasteiger partial charge >= 0.3 is 0 Å². The lowest BCUT2D eigenvalue weighted by Crippen LogP contribution is -2.25. The van der Waals surface area contributed by atoms with Gasteiger partial charge in [-0.2, -0.15) is 0 Å². The van der Waals surface area contributed by atoms with Crippen LogP contribution in [0.1, 0.15) is 51.9 Å². The zero-order valence-corrected chi connectivity index (χ0v) is 13.7. The summed E-state index contributed by atoms with van der Waals surface area (Å²) in [6, 6.07) is 6.38. The van der Waals surface area contributed by atoms with Crippen LogP contribution in [-0.2, 0) is 13.1 Å². The Balaban J connectivity index is 2.49. The van der Waals surface area contributed by atoms with Crippen molar-refractivity contribution in [2.75, 3.05) is 19.6 Å². The first-order valence-corrected chi connectivity index (χ1v) is 8.03. The van der Waals surface area contributed by atoms with E-state index < -0.39 is 0 Å². The monoisotopic (exact) mass is 277 g/mol. The normalized spacial score (nSPS) is 11.5. The Kier molecular flexibility index (Phi) is 8.47. The molecule has 20 heavy (non-hydrogen) atoms. The number of hydrogen-bond acceptors (Lipinski definition) is 3. The highest BCUT2D eigenvalue weighted by Crippen LogP contribution is 2.05. The molecular formula is C17H31N3. The second-order valence-electron chi connectivity index (χ2n) is 5.87. The Morgan fingerprint density at radius 3 is 2.60 bits per heavy atom. The lowest BCUT2D eigenvalue weighted by molar-refractivity contribution is 0.272. The molecule has 0 aromatic carbocycles. The molecule has 3 heteroatoms. The van der Waals surface area contributed by atoms with Crippen molar-refractivity contribution in [3.05, 3.63) is 29.6 Å². The number of unbranched alkanes of at least 4 members (excludes halogenated alkanes) is 1. The summed E-state index contributed by atoms with van der Waals surface area (Å²) in [5, 5.41) is 3.45. The van der Waals surface area contributed by atoms with Gasteiger partial charge in [-0.3, -0.25) is 9.88 Å². The number of hydrogen-bond donors (Lipinski definition) is 1. The number of nitrogens with zero attached hydrogens (tertiary/aromatic N) is 2. The summed E-state index contributed by atoms with van der Waals surface area (Å²) in [5.74, 6) is 0.683. The molecule has 3 nitrogen and oxygen atoms in total. The van der Waals surface area contributed by atoms with E-state index in [-0.39, 0.29) is 0 Å². The van der Waals surface area contributed by atoms with Crippen molar-refractivity contribution in [2.24, 2.45) is 5.92 Å². The second-order valence-corrected chi connectivity index (χ2v) is 5.87. The maximum absolute atomic E-state index is 4.76. The average Bonchev–Trinajstić information content (AvgIpc) is 2.43. The van der Waals surface area contributed by atoms with E-state index in [0.717, 1.165) is 31.9 Å². The smallest absolute Gasteiger partial charge is 0.0547 e. The van der Waals surface area contributed by atoms with E-state index in [9.17, 15) is 0 Å². The molecule has 1 rings (SSSR count). The zero-order chi connectivity index (χ0) is 14.8. The van der Waals surface area contributed by atoms with Crippen LogP contribution in [0.4, 0.5) is 0 Å². The number of nitrogens with one attached hydrogen (secondary N) is 1. The summed E-state index contributed by atoms with van der Waals surface area (Å²) >= 11 is 0. The summed E-state index contributed by atoms with van der Waals surface area (Å²) in [4.78, 5) is 7.23. The minimum absolute atomic E-state index is 0.683. The van der Waals surface area contributed by atoms with E-state index in [1.807, 2.05) is 0 Å². The fourth-order valence-electron chi connectivity index (χ4n) is 2.16. The highest BCUT2D eigenvalue weighted by molar-refractivity contribution is 5.11. The van der Waals surface area contributed by atoms with Crippen LogP contribution in [0.5, 0.6) is 0 Å². The van der Waals surface area contributed by atoms with Crippen molar-refractivity contribution in [1.29, 1.82) is 0 Å². The Morgan fingerprint density at radius 1 is 1.20 bits per heavy atom. The van der Waals surface area contributed by atoms with Crippen molar-refractivity contribution in [2.45, 2.75) is 53.6 Å². The van der Waals surface area contributed by atoms with Crippen LogP contribution in [0.3, 0.4) is 0 Å². The maximum Gasteiger partial charge on any atom is 0.0547 e. The van der Waals surface area contributed by atoms with Crippen molar-refractivity contribution in [3.63, 3.8) is 0 Å². The van der Waals surface area contributed by atoms with Crippen LogP contribution < -0.4 is 5.32 Å². The molecule has 0 aliphatic rings. The summed E-state index contributed by atoms with van der Waals surface area (Å²) < 4.78 is 0. The van der Waals surface area contributed by atoms with Gasteiger partial charge < -0.3 is 5.32 Å². The molecule has 1 aromatic heterocycles. The Labute approximate surface area is 124 Å². The molecule has 0 bridgehead atoms. The molecule has 0 saturated carbocycles. The van der Waals surface area contributed by atoms with Crippen LogP contribution in [-0.4, -0.2) is 29.5 Å². The molecule has 0 saturated heterocycles. The lowest BCUT2D eigenvalue weighted by Gasteiger charge is -2.19. The van der Waals surface area contributed by atoms with E-state index in [1.54, 1.807) is 0 Å². The molecule has 0 atom stereocenters. The molecule has 1 aromatic rings. The van der Waals surface area contributed by atoms with Crippen LogP contribution >= 0.6 is 0 Å². The molecule has 0 spiro atoms. The molecule has 0 aliphatic carbocycles. The van der Waals surface area contributed by atoms with Crippen LogP contribution in [0.15, 0.2) is 18.2 Å². The van der Waals surface area contributed by atoms with Crippen LogP contribution in [0.2, 0.25) is 0 Å². The third-order valence-electron chi connectivity index (χ3n) is 3.38. The summed E-state index contributed by atoms with van der Waals surface area (Å²) in [6.07, 6.45) is 2.52. The predicted molar refractivity (Wildman–Crippen MR) is 86.6 cm³/mol. The van der Waals surface area contributed by atoms with Crippen molar-refractivity contribution in [3.8, 4) is 0 Å². The maximum atomic E-state index is 4.76. The molecule has 114 valence electrons. The first-order chi connectivity index (χ1) is 9.65. The minimum atomic E-state index is 0.683. The topological polar surface area (TPSA) is 28.2 Å². The van der Waals surface area contributed by atoms with Gasteiger partial charge in [-0.25, -0.2) is 0 Å². The van der Waals surface area contributed by atoms with Gasteiger partial charge in [-0.15, -0.1) is 0 Å². The Bertz CT molecular complexity index is 363. The number of aromatic nitrogens is 1. The SMILES string of the molecule is CCCCN(CC)Cc1cccc(CNCC(C)C)n1. The van der Waals surface area contributed by atoms with Gasteiger partial charge in [0.2, 0.25) is 0 Å². The van der Waals surface area contributed by atoms with Gasteiger partial charge in [-0.1, -0.05) is 40.2 Å². The lowest BCUT2D eigenvalue weighted by atomic mass is 10.2. The molecule has 1 N–H and O–H groups in total. The zero-order valence-electron chi connectivity index (χ0n) is 13.7. The highest BCUT2D eigenvalue weighted by Gasteiger charge is 2.05. The van der Waals surface area contributed by atoms with Crippen LogP contribution in [0, 0.1) is 5.92 Å². The number of pyridine rings is 1. The molecule has 0 aliphatic heterocycles. The summed E-state index contributed by atoms with van der Waals surface area (Å²) in [5.41, 5.74) is 2.33. The van der Waals surface area contributed by atoms with E-state index in [4.69, 9.17) is 4.98 Å². The molecule has 0 unspecified atom stereocenters. The molecule has 1 heterocycles. The Morgan fingerprint density at radius 2 is 1.95 bits per heavy atom. The van der Waals surface area contributed by atoms with Gasteiger partial charge in [0.1, 0.15) is 0 Å². The largest absolute Gasteiger partial charge is 0.311 e. The highest BCUT2D eigenvalue weighted by atomic mass is 15.1. The number of rotatable bonds is 10. The van der Waals surface area contributed by atoms with Gasteiger partial charge in [0.05, 0.1) is 11.4 Å². The third kappa shape index (κ3) is 7.01. The van der Waals surface area contributed by atoms with Gasteiger partial charge in [0, 0.05) is 13.1 Å². The molecule has 0 fully saturated rings. The van der Waals surface area contributed by atoms with E-state index in [1.165, 1.54) is 25.1 Å². The summed E-state index contributed by atoms with van der Waals surface area (Å²) in [6.45, 7) is 14.1. The molecule has 0 amide bonds. The summed E-state index contributed by atoms with van der Waals surface area (Å²) in [7, 11) is 0. The second kappa shape index (κ2) is 9.89. The standard InChI is InChI=1S/C17H31N3/c1-5-7-11-20(6-2)14-17-10-8-9-16(19-17)13-18-12-15(3)4/h8-10,15,18H,5-7,11-14H2,1-4H3. The average molecular weight is 277 g/mol. The van der Waals surface area contributed by atoms with Crippen LogP contribution in [0.25, 0.3) is 0 Å². The van der Waals surface area contributed by atoms with E-state index in [2.05, 4.69) is 56.1 Å².